The summed E-state index contributed by atoms with van der Waals surface area (Å²) in [5.74, 6) is 1.03. The highest BCUT2D eigenvalue weighted by molar-refractivity contribution is 7.91. The summed E-state index contributed by atoms with van der Waals surface area (Å²) in [6, 6.07) is 0. The van der Waals surface area contributed by atoms with Crippen LogP contribution in [0.25, 0.3) is 0 Å². The van der Waals surface area contributed by atoms with Gasteiger partial charge in [0.1, 0.15) is 0 Å². The van der Waals surface area contributed by atoms with Crippen LogP contribution in [0, 0.1) is 11.8 Å². The Morgan fingerprint density at radius 3 is 2.39 bits per heavy atom. The third-order valence-electron chi connectivity index (χ3n) is 4.10. The first-order valence-electron chi connectivity index (χ1n) is 7.40. The van der Waals surface area contributed by atoms with Crippen LogP contribution in [-0.4, -0.2) is 31.6 Å². The van der Waals surface area contributed by atoms with E-state index in [-0.39, 0.29) is 18.4 Å². The Labute approximate surface area is 112 Å². The van der Waals surface area contributed by atoms with E-state index in [9.17, 15) is 13.5 Å². The summed E-state index contributed by atoms with van der Waals surface area (Å²) in [5, 5.41) is 9.40. The van der Waals surface area contributed by atoms with Crippen LogP contribution < -0.4 is 0 Å². The minimum Gasteiger partial charge on any atom is -0.396 e. The molecule has 0 aromatic rings. The standard InChI is InChI=1S/C14H28O3S/c1-2-3-4-5-6-7-8-13(11-15)14-9-10-18(16,17)12-14/h13-15H,2-12H2,1H3. The van der Waals surface area contributed by atoms with Crippen molar-refractivity contribution in [3.63, 3.8) is 0 Å². The highest BCUT2D eigenvalue weighted by atomic mass is 32.2. The molecule has 18 heavy (non-hydrogen) atoms. The molecule has 1 N–H and O–H groups in total. The maximum Gasteiger partial charge on any atom is 0.150 e. The average Bonchev–Trinajstić information content (AvgIpc) is 2.69. The molecule has 0 aliphatic carbocycles. The molecule has 3 nitrogen and oxygen atoms in total. The zero-order valence-electron chi connectivity index (χ0n) is 11.6. The Bertz CT molecular complexity index is 311. The summed E-state index contributed by atoms with van der Waals surface area (Å²) in [5.41, 5.74) is 0. The maximum atomic E-state index is 11.4. The lowest BCUT2D eigenvalue weighted by Gasteiger charge is -2.19. The van der Waals surface area contributed by atoms with Crippen molar-refractivity contribution in [1.82, 2.24) is 0 Å². The number of aliphatic hydroxyl groups is 1. The first kappa shape index (κ1) is 16.0. The summed E-state index contributed by atoms with van der Waals surface area (Å²) in [4.78, 5) is 0. The molecule has 1 aliphatic rings. The summed E-state index contributed by atoms with van der Waals surface area (Å²) >= 11 is 0. The normalized spacial score (nSPS) is 24.2. The Kier molecular flexibility index (Phi) is 7.23. The molecule has 0 saturated carbocycles. The van der Waals surface area contributed by atoms with Gasteiger partial charge in [0.15, 0.2) is 9.84 Å². The van der Waals surface area contributed by atoms with E-state index in [1.165, 1.54) is 32.1 Å². The van der Waals surface area contributed by atoms with Crippen molar-refractivity contribution in [2.45, 2.75) is 58.3 Å². The van der Waals surface area contributed by atoms with Crippen molar-refractivity contribution < 1.29 is 13.5 Å². The monoisotopic (exact) mass is 276 g/mol. The van der Waals surface area contributed by atoms with Crippen molar-refractivity contribution >= 4 is 9.84 Å². The van der Waals surface area contributed by atoms with Gasteiger partial charge in [-0.2, -0.15) is 0 Å². The van der Waals surface area contributed by atoms with Crippen molar-refractivity contribution in [3.05, 3.63) is 0 Å². The van der Waals surface area contributed by atoms with E-state index in [0.29, 0.717) is 11.5 Å². The second-order valence-electron chi connectivity index (χ2n) is 5.66. The molecule has 0 amide bonds. The second-order valence-corrected chi connectivity index (χ2v) is 7.89. The third kappa shape index (κ3) is 5.70. The lowest BCUT2D eigenvalue weighted by molar-refractivity contribution is 0.173. The van der Waals surface area contributed by atoms with E-state index in [4.69, 9.17) is 0 Å². The van der Waals surface area contributed by atoms with Gasteiger partial charge in [0.05, 0.1) is 11.5 Å². The quantitative estimate of drug-likeness (QED) is 0.659. The highest BCUT2D eigenvalue weighted by Gasteiger charge is 2.32. The van der Waals surface area contributed by atoms with Crippen molar-refractivity contribution in [2.24, 2.45) is 11.8 Å². The fourth-order valence-electron chi connectivity index (χ4n) is 2.86. The van der Waals surface area contributed by atoms with Crippen molar-refractivity contribution in [1.29, 1.82) is 0 Å². The fraction of sp³-hybridized carbons (Fsp3) is 1.00. The third-order valence-corrected chi connectivity index (χ3v) is 5.89. The largest absolute Gasteiger partial charge is 0.396 e. The molecule has 0 spiro atoms. The molecule has 1 heterocycles. The van der Waals surface area contributed by atoms with Gasteiger partial charge >= 0.3 is 0 Å². The number of aliphatic hydroxyl groups excluding tert-OH is 1. The molecule has 1 fully saturated rings. The van der Waals surface area contributed by atoms with Crippen LogP contribution in [0.1, 0.15) is 58.3 Å². The topological polar surface area (TPSA) is 54.4 Å². The van der Waals surface area contributed by atoms with Gasteiger partial charge in [-0.15, -0.1) is 0 Å². The van der Waals surface area contributed by atoms with Crippen LogP contribution in [0.2, 0.25) is 0 Å². The first-order chi connectivity index (χ1) is 8.59. The summed E-state index contributed by atoms with van der Waals surface area (Å²) in [7, 11) is -2.80. The summed E-state index contributed by atoms with van der Waals surface area (Å²) in [6.07, 6.45) is 9.24. The number of unbranched alkanes of at least 4 members (excludes halogenated alkanes) is 5. The van der Waals surface area contributed by atoms with E-state index in [0.717, 1.165) is 19.3 Å². The van der Waals surface area contributed by atoms with Crippen LogP contribution in [0.3, 0.4) is 0 Å². The number of sulfone groups is 1. The SMILES string of the molecule is CCCCCCCCC(CO)C1CCS(=O)(=O)C1. The molecule has 108 valence electrons. The van der Waals surface area contributed by atoms with Gasteiger partial charge in [0.2, 0.25) is 0 Å². The lowest BCUT2D eigenvalue weighted by atomic mass is 9.88. The molecule has 0 aromatic heterocycles. The zero-order valence-corrected chi connectivity index (χ0v) is 12.4. The minimum atomic E-state index is -2.80. The average molecular weight is 276 g/mol. The Morgan fingerprint density at radius 1 is 1.17 bits per heavy atom. The predicted octanol–water partition coefficient (Wildman–Crippen LogP) is 2.78. The smallest absolute Gasteiger partial charge is 0.150 e. The molecular weight excluding hydrogens is 248 g/mol. The van der Waals surface area contributed by atoms with Crippen LogP contribution in [0.15, 0.2) is 0 Å². The number of rotatable bonds is 9. The molecule has 1 rings (SSSR count). The zero-order chi connectivity index (χ0) is 13.4. The molecule has 2 atom stereocenters. The Hall–Kier alpha value is -0.0900. The molecule has 0 aromatic carbocycles. The molecule has 2 unspecified atom stereocenters. The molecular formula is C14H28O3S. The number of hydrogen-bond acceptors (Lipinski definition) is 3. The molecule has 1 aliphatic heterocycles. The second kappa shape index (κ2) is 8.16. The summed E-state index contributed by atoms with van der Waals surface area (Å²) < 4.78 is 22.9. The van der Waals surface area contributed by atoms with Crippen LogP contribution >= 0.6 is 0 Å². The highest BCUT2D eigenvalue weighted by Crippen LogP contribution is 2.29. The van der Waals surface area contributed by atoms with E-state index in [1.54, 1.807) is 0 Å². The van der Waals surface area contributed by atoms with E-state index < -0.39 is 9.84 Å². The molecule has 4 heteroatoms. The predicted molar refractivity (Wildman–Crippen MR) is 75.3 cm³/mol. The van der Waals surface area contributed by atoms with Crippen LogP contribution in [0.5, 0.6) is 0 Å². The van der Waals surface area contributed by atoms with Gasteiger partial charge in [0.25, 0.3) is 0 Å². The maximum absolute atomic E-state index is 11.4. The minimum absolute atomic E-state index is 0.148. The van der Waals surface area contributed by atoms with Crippen LogP contribution in [0.4, 0.5) is 0 Å². The van der Waals surface area contributed by atoms with Gasteiger partial charge in [-0.05, 0) is 24.7 Å². The molecule has 1 saturated heterocycles. The number of hydrogen-bond donors (Lipinski definition) is 1. The summed E-state index contributed by atoms with van der Waals surface area (Å²) in [6.45, 7) is 2.36. The first-order valence-corrected chi connectivity index (χ1v) is 9.22. The van der Waals surface area contributed by atoms with Crippen LogP contribution in [-0.2, 0) is 9.84 Å². The van der Waals surface area contributed by atoms with Gasteiger partial charge < -0.3 is 5.11 Å². The van der Waals surface area contributed by atoms with Gasteiger partial charge in [-0.3, -0.25) is 0 Å². The molecule has 0 bridgehead atoms. The van der Waals surface area contributed by atoms with Crippen molar-refractivity contribution in [2.75, 3.05) is 18.1 Å². The fourth-order valence-corrected chi connectivity index (χ4v) is 4.78. The van der Waals surface area contributed by atoms with Crippen molar-refractivity contribution in [3.8, 4) is 0 Å². The van der Waals surface area contributed by atoms with Gasteiger partial charge in [0, 0.05) is 6.61 Å². The lowest BCUT2D eigenvalue weighted by Crippen LogP contribution is -2.20. The van der Waals surface area contributed by atoms with Gasteiger partial charge in [-0.1, -0.05) is 45.4 Å². The van der Waals surface area contributed by atoms with Gasteiger partial charge in [-0.25, -0.2) is 8.42 Å². The Balaban J connectivity index is 2.18. The molecule has 0 radical (unpaired) electrons. The van der Waals surface area contributed by atoms with E-state index in [1.807, 2.05) is 0 Å². The Morgan fingerprint density at radius 2 is 1.83 bits per heavy atom. The van der Waals surface area contributed by atoms with E-state index >= 15 is 0 Å². The van der Waals surface area contributed by atoms with E-state index in [2.05, 4.69) is 6.92 Å².